The van der Waals surface area contributed by atoms with E-state index in [2.05, 4.69) is 10.3 Å². The molecule has 7 nitrogen and oxygen atoms in total. The number of hydrogen-bond acceptors (Lipinski definition) is 4. The van der Waals surface area contributed by atoms with Crippen molar-refractivity contribution >= 4 is 23.4 Å². The predicted molar refractivity (Wildman–Crippen MR) is 115 cm³/mol. The van der Waals surface area contributed by atoms with E-state index in [1.807, 2.05) is 0 Å². The van der Waals surface area contributed by atoms with Crippen LogP contribution in [0, 0.1) is 5.82 Å². The van der Waals surface area contributed by atoms with E-state index in [0.717, 1.165) is 0 Å². The topological polar surface area (TPSA) is 82.6 Å². The summed E-state index contributed by atoms with van der Waals surface area (Å²) in [7, 11) is 0. The molecule has 1 aromatic heterocycles. The second kappa shape index (κ2) is 7.88. The Hall–Kier alpha value is -4.07. The van der Waals surface area contributed by atoms with Gasteiger partial charge in [-0.1, -0.05) is 30.3 Å². The largest absolute Gasteiger partial charge is 0.333 e. The molecule has 0 radical (unpaired) electrons. The van der Waals surface area contributed by atoms with Crippen LogP contribution in [0.15, 0.2) is 66.9 Å². The van der Waals surface area contributed by atoms with Gasteiger partial charge in [-0.05, 0) is 35.9 Å². The number of aromatic nitrogens is 1. The van der Waals surface area contributed by atoms with E-state index in [0.29, 0.717) is 28.1 Å². The number of amides is 3. The zero-order chi connectivity index (χ0) is 22.2. The molecular formula is C24H19FN4O3. The zero-order valence-electron chi connectivity index (χ0n) is 17.0. The number of anilines is 1. The highest BCUT2D eigenvalue weighted by Gasteiger charge is 2.40. The Morgan fingerprint density at radius 2 is 1.81 bits per heavy atom. The predicted octanol–water partition coefficient (Wildman–Crippen LogP) is 2.81. The number of pyridine rings is 1. The summed E-state index contributed by atoms with van der Waals surface area (Å²) in [6.45, 7) is 0.563. The second-order valence-electron chi connectivity index (χ2n) is 7.71. The van der Waals surface area contributed by atoms with Crippen LogP contribution in [0.25, 0.3) is 11.1 Å². The first-order chi connectivity index (χ1) is 15.5. The van der Waals surface area contributed by atoms with Gasteiger partial charge < -0.3 is 15.1 Å². The third-order valence-electron chi connectivity index (χ3n) is 5.81. The minimum atomic E-state index is -0.826. The highest BCUT2D eigenvalue weighted by molar-refractivity contribution is 6.11. The van der Waals surface area contributed by atoms with Crippen LogP contribution in [-0.2, 0) is 4.79 Å². The summed E-state index contributed by atoms with van der Waals surface area (Å²) in [6, 6.07) is 15.5. The number of rotatable bonds is 2. The van der Waals surface area contributed by atoms with Gasteiger partial charge in [0.1, 0.15) is 17.6 Å². The van der Waals surface area contributed by atoms with Gasteiger partial charge in [-0.3, -0.25) is 19.4 Å². The van der Waals surface area contributed by atoms with Crippen molar-refractivity contribution in [1.82, 2.24) is 14.8 Å². The molecule has 2 aliphatic rings. The average molecular weight is 430 g/mol. The van der Waals surface area contributed by atoms with Gasteiger partial charge in [-0.25, -0.2) is 4.39 Å². The molecule has 0 bridgehead atoms. The fourth-order valence-electron chi connectivity index (χ4n) is 4.15. The van der Waals surface area contributed by atoms with Crippen molar-refractivity contribution < 1.29 is 18.8 Å². The molecule has 1 unspecified atom stereocenters. The van der Waals surface area contributed by atoms with Gasteiger partial charge in [0.2, 0.25) is 5.91 Å². The van der Waals surface area contributed by atoms with Gasteiger partial charge in [0, 0.05) is 24.8 Å². The molecule has 0 saturated carbocycles. The zero-order valence-corrected chi connectivity index (χ0v) is 17.0. The Kier molecular flexibility index (Phi) is 4.89. The van der Waals surface area contributed by atoms with Crippen LogP contribution in [0.2, 0.25) is 0 Å². The first-order valence-corrected chi connectivity index (χ1v) is 10.2. The molecule has 1 fully saturated rings. The molecule has 8 heteroatoms. The molecule has 3 amide bonds. The maximum Gasteiger partial charge on any atom is 0.272 e. The van der Waals surface area contributed by atoms with Crippen LogP contribution < -0.4 is 5.32 Å². The molecule has 1 N–H and O–H groups in total. The molecular weight excluding hydrogens is 411 g/mol. The van der Waals surface area contributed by atoms with Gasteiger partial charge in [-0.15, -0.1) is 0 Å². The quantitative estimate of drug-likeness (QED) is 0.678. The van der Waals surface area contributed by atoms with Crippen LogP contribution >= 0.6 is 0 Å². The van der Waals surface area contributed by atoms with Crippen molar-refractivity contribution in [3.8, 4) is 11.1 Å². The fraction of sp³-hybridized carbons (Fsp3) is 0.167. The van der Waals surface area contributed by atoms with Gasteiger partial charge in [0.15, 0.2) is 0 Å². The lowest BCUT2D eigenvalue weighted by molar-refractivity contribution is -0.121. The van der Waals surface area contributed by atoms with Crippen molar-refractivity contribution in [2.24, 2.45) is 0 Å². The van der Waals surface area contributed by atoms with E-state index in [1.165, 1.54) is 22.1 Å². The van der Waals surface area contributed by atoms with E-state index in [9.17, 15) is 18.8 Å². The van der Waals surface area contributed by atoms with Crippen LogP contribution in [0.4, 0.5) is 10.1 Å². The van der Waals surface area contributed by atoms with E-state index in [1.54, 1.807) is 54.6 Å². The standard InChI is InChI=1S/C24H19FN4O3/c25-18-6-2-1-5-16(18)15-8-9-19-17(13-15)23(31)29-12-11-28(14-21(29)22(30)27-19)24(32)20-7-3-4-10-26-20/h1-10,13,21H,11-12,14H2,(H,27,30). The Morgan fingerprint density at radius 1 is 1.00 bits per heavy atom. The van der Waals surface area contributed by atoms with E-state index in [-0.39, 0.29) is 37.4 Å². The summed E-state index contributed by atoms with van der Waals surface area (Å²) in [6.07, 6.45) is 1.54. The third kappa shape index (κ3) is 3.39. The molecule has 0 aliphatic carbocycles. The number of nitrogens with zero attached hydrogens (tertiary/aromatic N) is 3. The Labute approximate surface area is 183 Å². The van der Waals surface area contributed by atoms with Crippen molar-refractivity contribution in [2.45, 2.75) is 6.04 Å². The molecule has 5 rings (SSSR count). The molecule has 160 valence electrons. The molecule has 1 atom stereocenters. The molecule has 2 aromatic carbocycles. The summed E-state index contributed by atoms with van der Waals surface area (Å²) < 4.78 is 14.3. The minimum absolute atomic E-state index is 0.0706. The molecule has 1 saturated heterocycles. The summed E-state index contributed by atoms with van der Waals surface area (Å²) >= 11 is 0. The van der Waals surface area contributed by atoms with E-state index in [4.69, 9.17) is 0 Å². The lowest BCUT2D eigenvalue weighted by atomic mass is 10.0. The summed E-state index contributed by atoms with van der Waals surface area (Å²) in [5, 5.41) is 2.80. The number of benzene rings is 2. The SMILES string of the molecule is O=C1Nc2ccc(-c3ccccc3F)cc2C(=O)N2CCN(C(=O)c3ccccn3)CC12. The van der Waals surface area contributed by atoms with Crippen LogP contribution in [-0.4, -0.2) is 58.2 Å². The number of halogens is 1. The molecule has 2 aliphatic heterocycles. The van der Waals surface area contributed by atoms with Crippen LogP contribution in [0.3, 0.4) is 0 Å². The number of carbonyl (C=O) groups is 3. The highest BCUT2D eigenvalue weighted by atomic mass is 19.1. The molecule has 0 spiro atoms. The third-order valence-corrected chi connectivity index (χ3v) is 5.81. The molecule has 32 heavy (non-hydrogen) atoms. The maximum absolute atomic E-state index is 14.3. The van der Waals surface area contributed by atoms with Crippen molar-refractivity contribution in [2.75, 3.05) is 25.0 Å². The number of piperazine rings is 1. The molecule has 3 heterocycles. The summed E-state index contributed by atoms with van der Waals surface area (Å²) in [5.74, 6) is -1.37. The lowest BCUT2D eigenvalue weighted by Gasteiger charge is -2.39. The number of nitrogens with one attached hydrogen (secondary N) is 1. The normalized spacial score (nSPS) is 17.8. The number of carbonyl (C=O) groups excluding carboxylic acids is 3. The Morgan fingerprint density at radius 3 is 2.59 bits per heavy atom. The lowest BCUT2D eigenvalue weighted by Crippen LogP contribution is -2.59. The highest BCUT2D eigenvalue weighted by Crippen LogP contribution is 2.31. The van der Waals surface area contributed by atoms with E-state index >= 15 is 0 Å². The fourth-order valence-corrected chi connectivity index (χ4v) is 4.15. The monoisotopic (exact) mass is 430 g/mol. The summed E-state index contributed by atoms with van der Waals surface area (Å²) in [4.78, 5) is 46.2. The first-order valence-electron chi connectivity index (χ1n) is 10.2. The maximum atomic E-state index is 14.3. The second-order valence-corrected chi connectivity index (χ2v) is 7.71. The smallest absolute Gasteiger partial charge is 0.272 e. The van der Waals surface area contributed by atoms with E-state index < -0.39 is 11.9 Å². The summed E-state index contributed by atoms with van der Waals surface area (Å²) in [5.41, 5.74) is 1.88. The Bertz CT molecular complexity index is 1230. The number of hydrogen-bond donors (Lipinski definition) is 1. The van der Waals surface area contributed by atoms with Gasteiger partial charge in [-0.2, -0.15) is 0 Å². The Balaban J connectivity index is 1.45. The first kappa shape index (κ1) is 19.9. The molecule has 3 aromatic rings. The number of fused-ring (bicyclic) bond motifs is 2. The van der Waals surface area contributed by atoms with Gasteiger partial charge in [0.05, 0.1) is 17.8 Å². The average Bonchev–Trinajstić information content (AvgIpc) is 2.93. The van der Waals surface area contributed by atoms with Crippen LogP contribution in [0.5, 0.6) is 0 Å². The van der Waals surface area contributed by atoms with Gasteiger partial charge >= 0.3 is 0 Å². The van der Waals surface area contributed by atoms with Gasteiger partial charge in [0.25, 0.3) is 11.8 Å². The van der Waals surface area contributed by atoms with Crippen LogP contribution in [0.1, 0.15) is 20.8 Å². The minimum Gasteiger partial charge on any atom is -0.333 e. The van der Waals surface area contributed by atoms with Crippen molar-refractivity contribution in [3.63, 3.8) is 0 Å². The van der Waals surface area contributed by atoms with Crippen molar-refractivity contribution in [3.05, 3.63) is 83.9 Å². The van der Waals surface area contributed by atoms with Crippen molar-refractivity contribution in [1.29, 1.82) is 0 Å².